The molecule has 1 aromatic rings. The lowest BCUT2D eigenvalue weighted by atomic mass is 10.2. The van der Waals surface area contributed by atoms with Gasteiger partial charge in [0, 0.05) is 13.0 Å². The van der Waals surface area contributed by atoms with Crippen molar-refractivity contribution in [3.63, 3.8) is 0 Å². The number of unbranched alkanes of at least 4 members (excludes halogenated alkanes) is 1. The van der Waals surface area contributed by atoms with Crippen LogP contribution in [-0.2, 0) is 10.0 Å². The molecule has 0 saturated heterocycles. The topological polar surface area (TPSA) is 66.4 Å². The van der Waals surface area contributed by atoms with Gasteiger partial charge in [0.05, 0.1) is 4.90 Å². The Morgan fingerprint density at radius 1 is 1.20 bits per heavy atom. The van der Waals surface area contributed by atoms with Gasteiger partial charge in [-0.25, -0.2) is 13.1 Å². The number of benzene rings is 1. The van der Waals surface area contributed by atoms with Crippen molar-refractivity contribution in [2.24, 2.45) is 0 Å². The fraction of sp³-hybridized carbons (Fsp3) is 0.333. The molecule has 20 heavy (non-hydrogen) atoms. The largest absolute Gasteiger partial charge is 0.384 e. The van der Waals surface area contributed by atoms with E-state index in [1.165, 1.54) is 0 Å². The lowest BCUT2D eigenvalue weighted by Crippen LogP contribution is -2.23. The number of aryl methyl sites for hydroxylation is 1. The molecule has 0 aliphatic rings. The Kier molecular flexibility index (Phi) is 7.02. The number of rotatable bonds is 6. The molecule has 0 aliphatic heterocycles. The summed E-state index contributed by atoms with van der Waals surface area (Å²) in [6.45, 7) is 2.04. The summed E-state index contributed by atoms with van der Waals surface area (Å²) in [4.78, 5) is 0.269. The molecule has 0 aromatic heterocycles. The highest BCUT2D eigenvalue weighted by atomic mass is 32.2. The van der Waals surface area contributed by atoms with Gasteiger partial charge < -0.3 is 5.11 Å². The van der Waals surface area contributed by atoms with E-state index < -0.39 is 10.0 Å². The molecule has 0 fully saturated rings. The van der Waals surface area contributed by atoms with Crippen LogP contribution in [0.25, 0.3) is 0 Å². The minimum Gasteiger partial charge on any atom is -0.384 e. The molecule has 1 rings (SSSR count). The average molecular weight is 293 g/mol. The second kappa shape index (κ2) is 8.54. The zero-order chi connectivity index (χ0) is 14.8. The Bertz CT molecular complexity index is 592. The highest BCUT2D eigenvalue weighted by Crippen LogP contribution is 2.09. The number of aliphatic hydroxyl groups is 1. The van der Waals surface area contributed by atoms with Gasteiger partial charge in [-0.15, -0.1) is 5.92 Å². The summed E-state index contributed by atoms with van der Waals surface area (Å²) in [5.41, 5.74) is 1.02. The normalized spacial score (nSPS) is 11.3. The molecule has 4 nitrogen and oxygen atoms in total. The smallest absolute Gasteiger partial charge is 0.240 e. The Balaban J connectivity index is 2.40. The minimum atomic E-state index is -3.44. The molecule has 0 heterocycles. The summed E-state index contributed by atoms with van der Waals surface area (Å²) < 4.78 is 26.4. The summed E-state index contributed by atoms with van der Waals surface area (Å²) in [5.74, 6) is 5.33. The third-order valence-corrected chi connectivity index (χ3v) is 3.97. The highest BCUT2D eigenvalue weighted by Gasteiger charge is 2.11. The summed E-state index contributed by atoms with van der Waals surface area (Å²) in [6, 6.07) is 6.71. The van der Waals surface area contributed by atoms with E-state index in [9.17, 15) is 8.42 Å². The second-order valence-corrected chi connectivity index (χ2v) is 5.95. The molecule has 0 unspecified atom stereocenters. The fourth-order valence-electron chi connectivity index (χ4n) is 1.46. The van der Waals surface area contributed by atoms with Gasteiger partial charge >= 0.3 is 0 Å². The van der Waals surface area contributed by atoms with Gasteiger partial charge in [-0.1, -0.05) is 35.8 Å². The third-order valence-electron chi connectivity index (χ3n) is 2.53. The van der Waals surface area contributed by atoms with Gasteiger partial charge in [0.25, 0.3) is 0 Å². The fourth-order valence-corrected chi connectivity index (χ4v) is 2.44. The van der Waals surface area contributed by atoms with Crippen LogP contribution in [0.5, 0.6) is 0 Å². The van der Waals surface area contributed by atoms with Gasteiger partial charge in [-0.05, 0) is 25.5 Å². The lowest BCUT2D eigenvalue weighted by molar-refractivity contribution is 0.350. The van der Waals surface area contributed by atoms with Crippen LogP contribution in [-0.4, -0.2) is 26.7 Å². The van der Waals surface area contributed by atoms with Gasteiger partial charge in [-0.2, -0.15) is 0 Å². The molecule has 5 heteroatoms. The molecule has 0 aliphatic carbocycles. The van der Waals surface area contributed by atoms with Crippen molar-refractivity contribution < 1.29 is 13.5 Å². The zero-order valence-electron chi connectivity index (χ0n) is 11.5. The first-order chi connectivity index (χ1) is 9.56. The first-order valence-corrected chi connectivity index (χ1v) is 7.82. The molecule has 0 bridgehead atoms. The van der Waals surface area contributed by atoms with Gasteiger partial charge in [0.1, 0.15) is 6.61 Å². The SMILES string of the molecule is Cc1ccc(S(=O)(=O)NC/C=C\CCC#CCO)cc1. The van der Waals surface area contributed by atoms with Crippen LogP contribution in [0.4, 0.5) is 0 Å². The molecule has 0 atom stereocenters. The number of hydrogen-bond acceptors (Lipinski definition) is 3. The molecule has 0 amide bonds. The summed E-state index contributed by atoms with van der Waals surface area (Å²) in [7, 11) is -3.44. The molecule has 1 aromatic carbocycles. The van der Waals surface area contributed by atoms with Crippen molar-refractivity contribution in [3.05, 3.63) is 42.0 Å². The molecule has 0 radical (unpaired) electrons. The minimum absolute atomic E-state index is 0.125. The quantitative estimate of drug-likeness (QED) is 0.476. The van der Waals surface area contributed by atoms with Crippen molar-refractivity contribution in [1.82, 2.24) is 4.72 Å². The maximum Gasteiger partial charge on any atom is 0.240 e. The van der Waals surface area contributed by atoms with Gasteiger partial charge in [0.15, 0.2) is 0 Å². The number of hydrogen-bond donors (Lipinski definition) is 2. The standard InChI is InChI=1S/C15H19NO3S/c1-14-8-10-15(11-9-14)20(18,19)16-12-6-4-2-3-5-7-13-17/h4,6,8-11,16-17H,2-3,12-13H2,1H3/b6-4-. The van der Waals surface area contributed by atoms with Crippen LogP contribution in [0.1, 0.15) is 18.4 Å². The van der Waals surface area contributed by atoms with E-state index in [1.807, 2.05) is 13.0 Å². The van der Waals surface area contributed by atoms with Crippen molar-refractivity contribution >= 4 is 10.0 Å². The summed E-state index contributed by atoms with van der Waals surface area (Å²) >= 11 is 0. The maximum absolute atomic E-state index is 11.9. The van der Waals surface area contributed by atoms with E-state index >= 15 is 0 Å². The van der Waals surface area contributed by atoms with Crippen molar-refractivity contribution in [3.8, 4) is 11.8 Å². The first kappa shape index (κ1) is 16.4. The monoisotopic (exact) mass is 293 g/mol. The van der Waals surface area contributed by atoms with Crippen molar-refractivity contribution in [2.75, 3.05) is 13.2 Å². The maximum atomic E-state index is 11.9. The summed E-state index contributed by atoms with van der Waals surface area (Å²) in [6.07, 6.45) is 5.01. The van der Waals surface area contributed by atoms with E-state index in [1.54, 1.807) is 30.3 Å². The van der Waals surface area contributed by atoms with Gasteiger partial charge in [-0.3, -0.25) is 0 Å². The average Bonchev–Trinajstić information content (AvgIpc) is 2.42. The molecule has 2 N–H and O–H groups in total. The Morgan fingerprint density at radius 2 is 1.90 bits per heavy atom. The lowest BCUT2D eigenvalue weighted by Gasteiger charge is -2.04. The van der Waals surface area contributed by atoms with Crippen LogP contribution < -0.4 is 4.72 Å². The first-order valence-electron chi connectivity index (χ1n) is 6.34. The van der Waals surface area contributed by atoms with Crippen LogP contribution >= 0.6 is 0 Å². The Morgan fingerprint density at radius 3 is 2.55 bits per heavy atom. The Hall–Kier alpha value is -1.61. The molecular formula is C15H19NO3S. The van der Waals surface area contributed by atoms with E-state index in [0.29, 0.717) is 6.42 Å². The predicted molar refractivity (Wildman–Crippen MR) is 79.6 cm³/mol. The van der Waals surface area contributed by atoms with E-state index in [0.717, 1.165) is 12.0 Å². The highest BCUT2D eigenvalue weighted by molar-refractivity contribution is 7.89. The van der Waals surface area contributed by atoms with Crippen LogP contribution in [0.2, 0.25) is 0 Å². The van der Waals surface area contributed by atoms with Crippen LogP contribution in [0.15, 0.2) is 41.3 Å². The number of sulfonamides is 1. The molecule has 108 valence electrons. The summed E-state index contributed by atoms with van der Waals surface area (Å²) in [5, 5.41) is 8.45. The second-order valence-electron chi connectivity index (χ2n) is 4.19. The molecular weight excluding hydrogens is 274 g/mol. The zero-order valence-corrected chi connectivity index (χ0v) is 12.3. The van der Waals surface area contributed by atoms with Crippen molar-refractivity contribution in [2.45, 2.75) is 24.7 Å². The number of aliphatic hydroxyl groups excluding tert-OH is 1. The van der Waals surface area contributed by atoms with E-state index in [-0.39, 0.29) is 18.0 Å². The Labute approximate surface area is 120 Å². The van der Waals surface area contributed by atoms with Crippen molar-refractivity contribution in [1.29, 1.82) is 0 Å². The predicted octanol–water partition coefficient (Wildman–Crippen LogP) is 1.61. The van der Waals surface area contributed by atoms with Crippen LogP contribution in [0, 0.1) is 18.8 Å². The molecule has 0 spiro atoms. The number of nitrogens with one attached hydrogen (secondary N) is 1. The number of allylic oxidation sites excluding steroid dienone is 1. The van der Waals surface area contributed by atoms with E-state index in [4.69, 9.17) is 5.11 Å². The van der Waals surface area contributed by atoms with Gasteiger partial charge in [0.2, 0.25) is 10.0 Å². The van der Waals surface area contributed by atoms with E-state index in [2.05, 4.69) is 16.6 Å². The van der Waals surface area contributed by atoms with Crippen LogP contribution in [0.3, 0.4) is 0 Å². The third kappa shape index (κ3) is 6.02. The molecule has 0 saturated carbocycles.